The normalized spacial score (nSPS) is 10.9. The third kappa shape index (κ3) is 5.50. The molecule has 0 atom stereocenters. The van der Waals surface area contributed by atoms with Crippen LogP contribution in [-0.4, -0.2) is 38.0 Å². The molecule has 0 saturated heterocycles. The van der Waals surface area contributed by atoms with Gasteiger partial charge in [-0.3, -0.25) is 20.0 Å². The van der Waals surface area contributed by atoms with E-state index in [2.05, 4.69) is 16.8 Å². The van der Waals surface area contributed by atoms with E-state index in [9.17, 15) is 15.2 Å². The fourth-order valence-corrected chi connectivity index (χ4v) is 3.00. The molecule has 0 aliphatic rings. The van der Waals surface area contributed by atoms with Crippen molar-refractivity contribution in [3.8, 4) is 5.75 Å². The molecule has 0 aliphatic carbocycles. The lowest BCUT2D eigenvalue weighted by Crippen LogP contribution is -2.26. The molecule has 7 heteroatoms. The lowest BCUT2D eigenvalue weighted by atomic mass is 10.1. The predicted octanol–water partition coefficient (Wildman–Crippen LogP) is 3.45. The average Bonchev–Trinajstić information content (AvgIpc) is 2.57. The van der Waals surface area contributed by atoms with Crippen LogP contribution in [-0.2, 0) is 13.1 Å². The zero-order valence-electron chi connectivity index (χ0n) is 13.6. The molecule has 0 aliphatic heterocycles. The maximum absolute atomic E-state index is 10.9. The van der Waals surface area contributed by atoms with E-state index in [-0.39, 0.29) is 11.4 Å². The monoisotopic (exact) mass is 347 g/mol. The van der Waals surface area contributed by atoms with Gasteiger partial charge in [0, 0.05) is 49.3 Å². The van der Waals surface area contributed by atoms with Crippen LogP contribution >= 0.6 is 11.8 Å². The van der Waals surface area contributed by atoms with Crippen molar-refractivity contribution < 1.29 is 10.0 Å². The number of non-ortho nitro benzene ring substituents is 1. The molecular weight excluding hydrogens is 326 g/mol. The highest BCUT2D eigenvalue weighted by atomic mass is 32.2. The van der Waals surface area contributed by atoms with Crippen LogP contribution in [0.5, 0.6) is 5.75 Å². The van der Waals surface area contributed by atoms with Gasteiger partial charge in [-0.2, -0.15) is 11.8 Å². The number of rotatable bonds is 9. The molecule has 0 bridgehead atoms. The van der Waals surface area contributed by atoms with Crippen LogP contribution < -0.4 is 0 Å². The molecule has 0 saturated carbocycles. The minimum Gasteiger partial charge on any atom is -0.508 e. The molecule has 0 amide bonds. The van der Waals surface area contributed by atoms with E-state index in [0.717, 1.165) is 23.7 Å². The summed E-state index contributed by atoms with van der Waals surface area (Å²) in [7, 11) is 0. The van der Waals surface area contributed by atoms with Gasteiger partial charge in [0.05, 0.1) is 10.6 Å². The van der Waals surface area contributed by atoms with Gasteiger partial charge in [-0.25, -0.2) is 0 Å². The summed E-state index contributed by atoms with van der Waals surface area (Å²) in [5.41, 5.74) is 1.48. The van der Waals surface area contributed by atoms with Crippen molar-refractivity contribution in [3.63, 3.8) is 0 Å². The Morgan fingerprint density at radius 3 is 2.79 bits per heavy atom. The van der Waals surface area contributed by atoms with E-state index in [0.29, 0.717) is 18.7 Å². The van der Waals surface area contributed by atoms with Crippen molar-refractivity contribution in [1.29, 1.82) is 0 Å². The van der Waals surface area contributed by atoms with Crippen LogP contribution in [0.25, 0.3) is 0 Å². The summed E-state index contributed by atoms with van der Waals surface area (Å²) in [4.78, 5) is 17.0. The summed E-state index contributed by atoms with van der Waals surface area (Å²) in [6, 6.07) is 9.89. The van der Waals surface area contributed by atoms with Crippen LogP contribution in [0, 0.1) is 10.1 Å². The SMILES string of the molecule is CCSCCN(Cc1ccccn1)Cc1cc([N+](=O)[O-])ccc1O. The Kier molecular flexibility index (Phi) is 7.02. The molecule has 1 aromatic heterocycles. The number of phenols is 1. The molecule has 2 rings (SSSR count). The minimum atomic E-state index is -0.445. The number of nitro groups is 1. The van der Waals surface area contributed by atoms with Crippen LogP contribution in [0.3, 0.4) is 0 Å². The minimum absolute atomic E-state index is 0.0106. The first-order valence-electron chi connectivity index (χ1n) is 7.76. The smallest absolute Gasteiger partial charge is 0.270 e. The van der Waals surface area contributed by atoms with Crippen molar-refractivity contribution in [2.24, 2.45) is 0 Å². The molecule has 0 fully saturated rings. The summed E-state index contributed by atoms with van der Waals surface area (Å²) in [6.07, 6.45) is 1.75. The van der Waals surface area contributed by atoms with E-state index in [1.54, 1.807) is 6.20 Å². The van der Waals surface area contributed by atoms with Crippen LogP contribution in [0.1, 0.15) is 18.2 Å². The number of aromatic hydroxyl groups is 1. The predicted molar refractivity (Wildman–Crippen MR) is 96.1 cm³/mol. The number of thioether (sulfide) groups is 1. The maximum Gasteiger partial charge on any atom is 0.270 e. The van der Waals surface area contributed by atoms with Gasteiger partial charge in [-0.15, -0.1) is 0 Å². The van der Waals surface area contributed by atoms with Gasteiger partial charge in [0.2, 0.25) is 0 Å². The number of benzene rings is 1. The Labute approximate surface area is 145 Å². The highest BCUT2D eigenvalue weighted by Crippen LogP contribution is 2.25. The van der Waals surface area contributed by atoms with Crippen LogP contribution in [0.2, 0.25) is 0 Å². The molecular formula is C17H21N3O3S. The molecule has 1 N–H and O–H groups in total. The zero-order valence-corrected chi connectivity index (χ0v) is 14.4. The van der Waals surface area contributed by atoms with E-state index in [1.807, 2.05) is 30.0 Å². The Morgan fingerprint density at radius 1 is 1.29 bits per heavy atom. The first-order valence-corrected chi connectivity index (χ1v) is 8.92. The fraction of sp³-hybridized carbons (Fsp3) is 0.353. The first-order chi connectivity index (χ1) is 11.6. The fourth-order valence-electron chi connectivity index (χ4n) is 2.33. The molecule has 24 heavy (non-hydrogen) atoms. The van der Waals surface area contributed by atoms with E-state index in [1.165, 1.54) is 18.2 Å². The van der Waals surface area contributed by atoms with Crippen molar-refractivity contribution in [2.45, 2.75) is 20.0 Å². The molecule has 1 aromatic carbocycles. The lowest BCUT2D eigenvalue weighted by Gasteiger charge is -2.22. The molecule has 0 spiro atoms. The second-order valence-corrected chi connectivity index (χ2v) is 6.69. The quantitative estimate of drug-likeness (QED) is 0.425. The zero-order chi connectivity index (χ0) is 17.4. The van der Waals surface area contributed by atoms with Gasteiger partial charge in [-0.1, -0.05) is 13.0 Å². The first kappa shape index (κ1) is 18.2. The number of phenolic OH excluding ortho intramolecular Hbond substituents is 1. The summed E-state index contributed by atoms with van der Waals surface area (Å²) in [5, 5.41) is 21.0. The Bertz CT molecular complexity index is 667. The molecule has 0 unspecified atom stereocenters. The summed E-state index contributed by atoms with van der Waals surface area (Å²) >= 11 is 1.84. The Balaban J connectivity index is 2.14. The average molecular weight is 347 g/mol. The van der Waals surface area contributed by atoms with Gasteiger partial charge in [0.1, 0.15) is 5.75 Å². The molecule has 1 heterocycles. The number of hydrogen-bond donors (Lipinski definition) is 1. The van der Waals surface area contributed by atoms with Crippen LogP contribution in [0.15, 0.2) is 42.6 Å². The van der Waals surface area contributed by atoms with E-state index < -0.39 is 4.92 Å². The number of nitro benzene ring substituents is 1. The molecule has 128 valence electrons. The van der Waals surface area contributed by atoms with Crippen LogP contribution in [0.4, 0.5) is 5.69 Å². The molecule has 0 radical (unpaired) electrons. The van der Waals surface area contributed by atoms with E-state index in [4.69, 9.17) is 0 Å². The Morgan fingerprint density at radius 2 is 2.12 bits per heavy atom. The topological polar surface area (TPSA) is 79.5 Å². The maximum atomic E-state index is 10.9. The summed E-state index contributed by atoms with van der Waals surface area (Å²) in [6.45, 7) is 4.00. The van der Waals surface area contributed by atoms with Crippen molar-refractivity contribution in [1.82, 2.24) is 9.88 Å². The van der Waals surface area contributed by atoms with Gasteiger partial charge < -0.3 is 5.11 Å². The third-order valence-electron chi connectivity index (χ3n) is 3.54. The number of hydrogen-bond acceptors (Lipinski definition) is 6. The highest BCUT2D eigenvalue weighted by Gasteiger charge is 2.14. The van der Waals surface area contributed by atoms with Crippen molar-refractivity contribution >= 4 is 17.4 Å². The number of nitrogens with zero attached hydrogens (tertiary/aromatic N) is 3. The third-order valence-corrected chi connectivity index (χ3v) is 4.42. The highest BCUT2D eigenvalue weighted by molar-refractivity contribution is 7.99. The number of aromatic nitrogens is 1. The standard InChI is InChI=1S/C17H21N3O3S/c1-2-24-10-9-19(13-15-5-3-4-8-18-15)12-14-11-16(20(22)23)6-7-17(14)21/h3-8,11,21H,2,9-10,12-13H2,1H3. The van der Waals surface area contributed by atoms with Gasteiger partial charge in [-0.05, 0) is 24.0 Å². The molecule has 6 nitrogen and oxygen atoms in total. The van der Waals surface area contributed by atoms with E-state index >= 15 is 0 Å². The van der Waals surface area contributed by atoms with Gasteiger partial charge in [0.15, 0.2) is 0 Å². The summed E-state index contributed by atoms with van der Waals surface area (Å²) < 4.78 is 0. The van der Waals surface area contributed by atoms with Crippen molar-refractivity contribution in [2.75, 3.05) is 18.1 Å². The largest absolute Gasteiger partial charge is 0.508 e. The second-order valence-electron chi connectivity index (χ2n) is 5.30. The van der Waals surface area contributed by atoms with Gasteiger partial charge in [0.25, 0.3) is 5.69 Å². The molecule has 2 aromatic rings. The second kappa shape index (κ2) is 9.24. The summed E-state index contributed by atoms with van der Waals surface area (Å²) in [5.74, 6) is 2.08. The van der Waals surface area contributed by atoms with Crippen molar-refractivity contribution in [3.05, 3.63) is 64.0 Å². The number of pyridine rings is 1. The van der Waals surface area contributed by atoms with Gasteiger partial charge >= 0.3 is 0 Å². The lowest BCUT2D eigenvalue weighted by molar-refractivity contribution is -0.385. The Hall–Kier alpha value is -2.12.